The number of aryl methyl sites for hydroxylation is 1. The summed E-state index contributed by atoms with van der Waals surface area (Å²) in [6.45, 7) is 3.99. The summed E-state index contributed by atoms with van der Waals surface area (Å²) in [5.41, 5.74) is 2.78. The van der Waals surface area contributed by atoms with E-state index in [4.69, 9.17) is 9.52 Å². The zero-order chi connectivity index (χ0) is 15.9. The molecule has 4 heteroatoms. The first-order valence-corrected chi connectivity index (χ1v) is 7.74. The minimum absolute atomic E-state index is 0.0566. The van der Waals surface area contributed by atoms with Gasteiger partial charge in [-0.25, -0.2) is 0 Å². The van der Waals surface area contributed by atoms with Crippen LogP contribution in [0.4, 0.5) is 5.69 Å². The van der Waals surface area contributed by atoms with Gasteiger partial charge in [0.25, 0.3) is 0 Å². The fraction of sp³-hybridized carbons (Fsp3) is 0.389. The normalized spacial score (nSPS) is 10.7. The van der Waals surface area contributed by atoms with Crippen molar-refractivity contribution in [2.24, 2.45) is 0 Å². The summed E-state index contributed by atoms with van der Waals surface area (Å²) in [6.07, 6.45) is 3.68. The SMILES string of the molecule is CCCCCC(=O)Nc1ccc(-c2ccc(CO)o2)c(C)c1. The molecule has 0 aliphatic rings. The molecule has 2 aromatic rings. The number of amides is 1. The minimum atomic E-state index is -0.106. The lowest BCUT2D eigenvalue weighted by molar-refractivity contribution is -0.116. The third kappa shape index (κ3) is 4.21. The van der Waals surface area contributed by atoms with E-state index in [2.05, 4.69) is 12.2 Å². The highest BCUT2D eigenvalue weighted by molar-refractivity contribution is 5.91. The summed E-state index contributed by atoms with van der Waals surface area (Å²) in [6, 6.07) is 9.35. The lowest BCUT2D eigenvalue weighted by atomic mass is 10.1. The predicted octanol–water partition coefficient (Wildman–Crippen LogP) is 4.27. The third-order valence-corrected chi connectivity index (χ3v) is 3.60. The molecule has 1 heterocycles. The van der Waals surface area contributed by atoms with E-state index in [1.807, 2.05) is 31.2 Å². The van der Waals surface area contributed by atoms with Gasteiger partial charge >= 0.3 is 0 Å². The molecule has 0 unspecified atom stereocenters. The molecule has 4 nitrogen and oxygen atoms in total. The van der Waals surface area contributed by atoms with Crippen LogP contribution in [0.2, 0.25) is 0 Å². The molecule has 1 aromatic carbocycles. The molecule has 0 saturated carbocycles. The Kier molecular flexibility index (Phi) is 5.78. The number of hydrogen-bond acceptors (Lipinski definition) is 3. The average molecular weight is 301 g/mol. The van der Waals surface area contributed by atoms with Gasteiger partial charge < -0.3 is 14.8 Å². The number of aliphatic hydroxyl groups excluding tert-OH is 1. The van der Waals surface area contributed by atoms with E-state index < -0.39 is 0 Å². The van der Waals surface area contributed by atoms with Crippen molar-refractivity contribution in [3.05, 3.63) is 41.7 Å². The van der Waals surface area contributed by atoms with Crippen molar-refractivity contribution >= 4 is 11.6 Å². The highest BCUT2D eigenvalue weighted by atomic mass is 16.4. The van der Waals surface area contributed by atoms with Gasteiger partial charge in [-0.1, -0.05) is 19.8 Å². The molecule has 1 amide bonds. The largest absolute Gasteiger partial charge is 0.459 e. The monoisotopic (exact) mass is 301 g/mol. The number of furan rings is 1. The van der Waals surface area contributed by atoms with Gasteiger partial charge in [-0.05, 0) is 49.2 Å². The van der Waals surface area contributed by atoms with Crippen LogP contribution in [0.5, 0.6) is 0 Å². The molecule has 0 aliphatic heterocycles. The lowest BCUT2D eigenvalue weighted by Crippen LogP contribution is -2.11. The van der Waals surface area contributed by atoms with Crippen LogP contribution in [0.1, 0.15) is 43.9 Å². The minimum Gasteiger partial charge on any atom is -0.459 e. The van der Waals surface area contributed by atoms with Crippen LogP contribution in [-0.4, -0.2) is 11.0 Å². The van der Waals surface area contributed by atoms with E-state index in [0.717, 1.165) is 41.8 Å². The maximum Gasteiger partial charge on any atom is 0.224 e. The summed E-state index contributed by atoms with van der Waals surface area (Å²) < 4.78 is 5.55. The molecular weight excluding hydrogens is 278 g/mol. The van der Waals surface area contributed by atoms with Crippen molar-refractivity contribution < 1.29 is 14.3 Å². The van der Waals surface area contributed by atoms with Gasteiger partial charge in [0.1, 0.15) is 18.1 Å². The standard InChI is InChI=1S/C18H23NO3/c1-3-4-5-6-18(21)19-14-7-9-16(13(2)11-14)17-10-8-15(12-20)22-17/h7-11,20H,3-6,12H2,1-2H3,(H,19,21). The number of hydrogen-bond donors (Lipinski definition) is 2. The number of nitrogens with one attached hydrogen (secondary N) is 1. The number of carbonyl (C=O) groups is 1. The predicted molar refractivity (Wildman–Crippen MR) is 87.6 cm³/mol. The van der Waals surface area contributed by atoms with Crippen molar-refractivity contribution in [3.63, 3.8) is 0 Å². The van der Waals surface area contributed by atoms with Crippen LogP contribution < -0.4 is 5.32 Å². The first kappa shape index (κ1) is 16.3. The number of rotatable bonds is 7. The zero-order valence-corrected chi connectivity index (χ0v) is 13.2. The van der Waals surface area contributed by atoms with Crippen molar-refractivity contribution in [1.82, 2.24) is 0 Å². The highest BCUT2D eigenvalue weighted by Crippen LogP contribution is 2.27. The molecule has 1 aromatic heterocycles. The molecule has 0 aliphatic carbocycles. The maximum atomic E-state index is 11.8. The summed E-state index contributed by atoms with van der Waals surface area (Å²) in [5, 5.41) is 12.0. The Morgan fingerprint density at radius 1 is 1.23 bits per heavy atom. The molecular formula is C18H23NO3. The van der Waals surface area contributed by atoms with Crippen LogP contribution >= 0.6 is 0 Å². The molecule has 0 fully saturated rings. The second kappa shape index (κ2) is 7.80. The van der Waals surface area contributed by atoms with Crippen molar-refractivity contribution in [1.29, 1.82) is 0 Å². The quantitative estimate of drug-likeness (QED) is 0.751. The van der Waals surface area contributed by atoms with Crippen LogP contribution in [0.25, 0.3) is 11.3 Å². The van der Waals surface area contributed by atoms with Gasteiger partial charge in [-0.3, -0.25) is 4.79 Å². The van der Waals surface area contributed by atoms with Crippen LogP contribution in [0, 0.1) is 6.92 Å². The Hall–Kier alpha value is -2.07. The Labute approximate surface area is 131 Å². The van der Waals surface area contributed by atoms with E-state index in [0.29, 0.717) is 12.2 Å². The van der Waals surface area contributed by atoms with Gasteiger partial charge in [-0.2, -0.15) is 0 Å². The zero-order valence-electron chi connectivity index (χ0n) is 13.2. The van der Waals surface area contributed by atoms with E-state index in [1.54, 1.807) is 6.07 Å². The Morgan fingerprint density at radius 2 is 2.05 bits per heavy atom. The van der Waals surface area contributed by atoms with E-state index in [9.17, 15) is 4.79 Å². The Balaban J connectivity index is 2.04. The smallest absolute Gasteiger partial charge is 0.224 e. The fourth-order valence-electron chi connectivity index (χ4n) is 2.38. The van der Waals surface area contributed by atoms with Gasteiger partial charge in [0.05, 0.1) is 0 Å². The molecule has 0 radical (unpaired) electrons. The molecule has 2 rings (SSSR count). The highest BCUT2D eigenvalue weighted by Gasteiger charge is 2.09. The molecule has 118 valence electrons. The number of anilines is 1. The Morgan fingerprint density at radius 3 is 2.68 bits per heavy atom. The lowest BCUT2D eigenvalue weighted by Gasteiger charge is -2.08. The van der Waals surface area contributed by atoms with Crippen LogP contribution in [-0.2, 0) is 11.4 Å². The van der Waals surface area contributed by atoms with Crippen molar-refractivity contribution in [2.75, 3.05) is 5.32 Å². The van der Waals surface area contributed by atoms with Gasteiger partial charge in [0.15, 0.2) is 0 Å². The molecule has 22 heavy (non-hydrogen) atoms. The number of unbranched alkanes of at least 4 members (excludes halogenated alkanes) is 2. The number of benzene rings is 1. The van der Waals surface area contributed by atoms with Crippen LogP contribution in [0.3, 0.4) is 0 Å². The summed E-state index contributed by atoms with van der Waals surface area (Å²) in [5.74, 6) is 1.33. The fourth-order valence-corrected chi connectivity index (χ4v) is 2.38. The molecule has 0 spiro atoms. The van der Waals surface area contributed by atoms with Gasteiger partial charge in [0.2, 0.25) is 5.91 Å². The number of aliphatic hydroxyl groups is 1. The summed E-state index contributed by atoms with van der Waals surface area (Å²) in [7, 11) is 0. The third-order valence-electron chi connectivity index (χ3n) is 3.60. The Bertz CT molecular complexity index is 631. The number of carbonyl (C=O) groups excluding carboxylic acids is 1. The molecule has 2 N–H and O–H groups in total. The summed E-state index contributed by atoms with van der Waals surface area (Å²) >= 11 is 0. The topological polar surface area (TPSA) is 62.5 Å². The second-order valence-corrected chi connectivity index (χ2v) is 5.46. The summed E-state index contributed by atoms with van der Waals surface area (Å²) in [4.78, 5) is 11.8. The van der Waals surface area contributed by atoms with Gasteiger partial charge in [-0.15, -0.1) is 0 Å². The van der Waals surface area contributed by atoms with Crippen molar-refractivity contribution in [3.8, 4) is 11.3 Å². The van der Waals surface area contributed by atoms with E-state index >= 15 is 0 Å². The van der Waals surface area contributed by atoms with Crippen LogP contribution in [0.15, 0.2) is 34.7 Å². The first-order chi connectivity index (χ1) is 10.6. The maximum absolute atomic E-state index is 11.8. The molecule has 0 bridgehead atoms. The van der Waals surface area contributed by atoms with Crippen molar-refractivity contribution in [2.45, 2.75) is 46.1 Å². The molecule has 0 saturated heterocycles. The van der Waals surface area contributed by atoms with Gasteiger partial charge in [0, 0.05) is 17.7 Å². The molecule has 0 atom stereocenters. The first-order valence-electron chi connectivity index (χ1n) is 7.74. The second-order valence-electron chi connectivity index (χ2n) is 5.46. The van der Waals surface area contributed by atoms with E-state index in [1.165, 1.54) is 0 Å². The average Bonchev–Trinajstić information content (AvgIpc) is 2.96. The van der Waals surface area contributed by atoms with E-state index in [-0.39, 0.29) is 12.5 Å².